The summed E-state index contributed by atoms with van der Waals surface area (Å²) in [5.41, 5.74) is -1.39. The lowest BCUT2D eigenvalue weighted by molar-refractivity contribution is -0.385. The number of carboxylic acid groups (broad SMARTS) is 1. The van der Waals surface area contributed by atoms with Gasteiger partial charge in [-0.05, 0) is 19.4 Å². The van der Waals surface area contributed by atoms with Crippen LogP contribution in [0.2, 0.25) is 0 Å². The zero-order valence-electron chi connectivity index (χ0n) is 10.7. The summed E-state index contributed by atoms with van der Waals surface area (Å²) in [5, 5.41) is 32.3. The van der Waals surface area contributed by atoms with E-state index in [0.29, 0.717) is 5.56 Å². The fourth-order valence-electron chi connectivity index (χ4n) is 1.64. The van der Waals surface area contributed by atoms with Crippen LogP contribution in [0, 0.1) is 10.1 Å². The standard InChI is InChI=1S/C12H16N2O5/c1-12(2,17)7-13-6-8-4-3-5-9(14(18)19)10(8)11(15)16/h3-5,13,17H,6-7H2,1-2H3,(H,15,16). The van der Waals surface area contributed by atoms with Crippen molar-refractivity contribution < 1.29 is 19.9 Å². The van der Waals surface area contributed by atoms with E-state index in [0.717, 1.165) is 6.07 Å². The zero-order valence-corrected chi connectivity index (χ0v) is 10.7. The third-order valence-electron chi connectivity index (χ3n) is 2.41. The van der Waals surface area contributed by atoms with Gasteiger partial charge in [0, 0.05) is 19.2 Å². The van der Waals surface area contributed by atoms with Crippen LogP contribution in [0.3, 0.4) is 0 Å². The summed E-state index contributed by atoms with van der Waals surface area (Å²) < 4.78 is 0. The molecule has 0 radical (unpaired) electrons. The summed E-state index contributed by atoms with van der Waals surface area (Å²) in [6.45, 7) is 3.58. The number of hydrogen-bond acceptors (Lipinski definition) is 5. The molecule has 19 heavy (non-hydrogen) atoms. The molecule has 104 valence electrons. The number of rotatable bonds is 6. The Balaban J connectivity index is 2.98. The smallest absolute Gasteiger partial charge is 0.343 e. The Labute approximate surface area is 110 Å². The zero-order chi connectivity index (χ0) is 14.6. The predicted molar refractivity (Wildman–Crippen MR) is 68.1 cm³/mol. The highest BCUT2D eigenvalue weighted by Crippen LogP contribution is 2.22. The number of nitro groups is 1. The van der Waals surface area contributed by atoms with E-state index in [2.05, 4.69) is 5.32 Å². The molecule has 0 saturated heterocycles. The maximum Gasteiger partial charge on any atom is 0.343 e. The maximum absolute atomic E-state index is 11.1. The van der Waals surface area contributed by atoms with Crippen molar-refractivity contribution in [3.05, 3.63) is 39.4 Å². The van der Waals surface area contributed by atoms with E-state index in [4.69, 9.17) is 5.11 Å². The van der Waals surface area contributed by atoms with Gasteiger partial charge in [-0.25, -0.2) is 4.79 Å². The van der Waals surface area contributed by atoms with Crippen molar-refractivity contribution in [3.8, 4) is 0 Å². The molecule has 0 aromatic heterocycles. The van der Waals surface area contributed by atoms with Gasteiger partial charge in [-0.2, -0.15) is 0 Å². The molecule has 0 bridgehead atoms. The van der Waals surface area contributed by atoms with E-state index in [9.17, 15) is 20.0 Å². The molecule has 0 aliphatic carbocycles. The Kier molecular flexibility index (Phi) is 4.57. The summed E-state index contributed by atoms with van der Waals surface area (Å²) in [7, 11) is 0. The SMILES string of the molecule is CC(C)(O)CNCc1cccc([N+](=O)[O-])c1C(=O)O. The number of benzene rings is 1. The average Bonchev–Trinajstić information content (AvgIpc) is 2.26. The normalized spacial score (nSPS) is 11.3. The number of aromatic carboxylic acids is 1. The van der Waals surface area contributed by atoms with Crippen molar-refractivity contribution in [2.45, 2.75) is 26.0 Å². The molecule has 0 atom stereocenters. The van der Waals surface area contributed by atoms with E-state index in [1.54, 1.807) is 13.8 Å². The van der Waals surface area contributed by atoms with Crippen molar-refractivity contribution >= 4 is 11.7 Å². The van der Waals surface area contributed by atoms with Crippen molar-refractivity contribution in [1.29, 1.82) is 0 Å². The molecule has 1 aromatic rings. The summed E-state index contributed by atoms with van der Waals surface area (Å²) in [6, 6.07) is 4.10. The van der Waals surface area contributed by atoms with Crippen molar-refractivity contribution in [3.63, 3.8) is 0 Å². The largest absolute Gasteiger partial charge is 0.477 e. The minimum atomic E-state index is -1.34. The van der Waals surface area contributed by atoms with Gasteiger partial charge in [0.05, 0.1) is 10.5 Å². The molecule has 3 N–H and O–H groups in total. The topological polar surface area (TPSA) is 113 Å². The molecule has 0 heterocycles. The van der Waals surface area contributed by atoms with Crippen LogP contribution in [-0.4, -0.2) is 33.3 Å². The second kappa shape index (κ2) is 5.77. The fraction of sp³-hybridized carbons (Fsp3) is 0.417. The van der Waals surface area contributed by atoms with Gasteiger partial charge >= 0.3 is 5.97 Å². The fourth-order valence-corrected chi connectivity index (χ4v) is 1.64. The summed E-state index contributed by atoms with van der Waals surface area (Å²) in [5.74, 6) is -1.34. The summed E-state index contributed by atoms with van der Waals surface area (Å²) in [4.78, 5) is 21.2. The van der Waals surface area contributed by atoms with Gasteiger partial charge in [-0.1, -0.05) is 12.1 Å². The van der Waals surface area contributed by atoms with Crippen molar-refractivity contribution in [2.24, 2.45) is 0 Å². The third kappa shape index (κ3) is 4.31. The number of nitrogens with one attached hydrogen (secondary N) is 1. The molecule has 0 saturated carbocycles. The number of nitrogens with zero attached hydrogens (tertiary/aromatic N) is 1. The molecular weight excluding hydrogens is 252 g/mol. The highest BCUT2D eigenvalue weighted by Gasteiger charge is 2.23. The molecule has 0 amide bonds. The van der Waals surface area contributed by atoms with Gasteiger partial charge in [0.1, 0.15) is 5.56 Å². The Hall–Kier alpha value is -1.99. The number of aliphatic hydroxyl groups is 1. The minimum Gasteiger partial charge on any atom is -0.477 e. The first kappa shape index (κ1) is 15.1. The number of nitro benzene ring substituents is 1. The number of carboxylic acids is 1. The lowest BCUT2D eigenvalue weighted by atomic mass is 10.0. The van der Waals surface area contributed by atoms with E-state index in [1.165, 1.54) is 12.1 Å². The molecule has 0 aliphatic heterocycles. The molecule has 0 aliphatic rings. The van der Waals surface area contributed by atoms with Crippen LogP contribution in [0.4, 0.5) is 5.69 Å². The van der Waals surface area contributed by atoms with E-state index < -0.39 is 22.2 Å². The third-order valence-corrected chi connectivity index (χ3v) is 2.41. The Morgan fingerprint density at radius 1 is 1.47 bits per heavy atom. The Bertz CT molecular complexity index is 493. The van der Waals surface area contributed by atoms with Crippen LogP contribution >= 0.6 is 0 Å². The summed E-state index contributed by atoms with van der Waals surface area (Å²) >= 11 is 0. The molecule has 0 fully saturated rings. The maximum atomic E-state index is 11.1. The Morgan fingerprint density at radius 2 is 2.11 bits per heavy atom. The van der Waals surface area contributed by atoms with E-state index in [-0.39, 0.29) is 18.7 Å². The molecule has 7 heteroatoms. The number of carbonyl (C=O) groups is 1. The van der Waals surface area contributed by atoms with E-state index in [1.807, 2.05) is 0 Å². The molecule has 7 nitrogen and oxygen atoms in total. The van der Waals surface area contributed by atoms with Crippen molar-refractivity contribution in [1.82, 2.24) is 5.32 Å². The highest BCUT2D eigenvalue weighted by molar-refractivity contribution is 5.94. The predicted octanol–water partition coefficient (Wildman–Crippen LogP) is 1.15. The van der Waals surface area contributed by atoms with Crippen LogP contribution in [0.25, 0.3) is 0 Å². The van der Waals surface area contributed by atoms with Crippen molar-refractivity contribution in [2.75, 3.05) is 6.54 Å². The van der Waals surface area contributed by atoms with Crippen LogP contribution in [0.1, 0.15) is 29.8 Å². The molecule has 1 rings (SSSR count). The lowest BCUT2D eigenvalue weighted by Gasteiger charge is -2.18. The second-order valence-corrected chi connectivity index (χ2v) is 4.79. The summed E-state index contributed by atoms with van der Waals surface area (Å²) in [6.07, 6.45) is 0. The molecular formula is C12H16N2O5. The van der Waals surface area contributed by atoms with Gasteiger partial charge < -0.3 is 15.5 Å². The number of hydrogen-bond donors (Lipinski definition) is 3. The van der Waals surface area contributed by atoms with Crippen LogP contribution in [0.5, 0.6) is 0 Å². The monoisotopic (exact) mass is 268 g/mol. The van der Waals surface area contributed by atoms with Gasteiger partial charge in [-0.3, -0.25) is 10.1 Å². The first-order valence-electron chi connectivity index (χ1n) is 5.65. The van der Waals surface area contributed by atoms with Crippen LogP contribution in [0.15, 0.2) is 18.2 Å². The van der Waals surface area contributed by atoms with Gasteiger partial charge in [-0.15, -0.1) is 0 Å². The minimum absolute atomic E-state index is 0.132. The van der Waals surface area contributed by atoms with Gasteiger partial charge in [0.15, 0.2) is 0 Å². The quantitative estimate of drug-likeness (QED) is 0.527. The molecule has 1 aromatic carbocycles. The highest BCUT2D eigenvalue weighted by atomic mass is 16.6. The lowest BCUT2D eigenvalue weighted by Crippen LogP contribution is -2.34. The van der Waals surface area contributed by atoms with Gasteiger partial charge in [0.25, 0.3) is 5.69 Å². The van der Waals surface area contributed by atoms with Crippen LogP contribution < -0.4 is 5.32 Å². The average molecular weight is 268 g/mol. The van der Waals surface area contributed by atoms with Crippen LogP contribution in [-0.2, 0) is 6.54 Å². The molecule has 0 spiro atoms. The first-order valence-corrected chi connectivity index (χ1v) is 5.65. The molecule has 0 unspecified atom stereocenters. The first-order chi connectivity index (χ1) is 8.72. The second-order valence-electron chi connectivity index (χ2n) is 4.79. The van der Waals surface area contributed by atoms with Gasteiger partial charge in [0.2, 0.25) is 0 Å². The Morgan fingerprint density at radius 3 is 2.58 bits per heavy atom. The van der Waals surface area contributed by atoms with E-state index >= 15 is 0 Å².